The van der Waals surface area contributed by atoms with Gasteiger partial charge < -0.3 is 5.32 Å². The third kappa shape index (κ3) is 3.32. The molecule has 160 valence electrons. The Labute approximate surface area is 189 Å². The molecular formula is C23H25BrN6O. The summed E-state index contributed by atoms with van der Waals surface area (Å²) >= 11 is 3.39. The molecule has 8 heteroatoms. The Morgan fingerprint density at radius 3 is 2.58 bits per heavy atom. The van der Waals surface area contributed by atoms with Crippen molar-refractivity contribution in [3.8, 4) is 0 Å². The van der Waals surface area contributed by atoms with Crippen molar-refractivity contribution in [2.75, 3.05) is 5.32 Å². The highest BCUT2D eigenvalue weighted by Crippen LogP contribution is 2.64. The molecule has 4 aliphatic carbocycles. The molecule has 7 nitrogen and oxygen atoms in total. The number of nitrogens with one attached hydrogen (secondary N) is 1. The van der Waals surface area contributed by atoms with Gasteiger partial charge >= 0.3 is 0 Å². The molecule has 3 aromatic rings. The number of anilines is 1. The lowest BCUT2D eigenvalue weighted by Gasteiger charge is -2.60. The first-order valence-corrected chi connectivity index (χ1v) is 11.8. The lowest BCUT2D eigenvalue weighted by atomic mass is 9.46. The van der Waals surface area contributed by atoms with E-state index in [0.717, 1.165) is 32.1 Å². The summed E-state index contributed by atoms with van der Waals surface area (Å²) in [6.45, 7) is 0.691. The summed E-state index contributed by atoms with van der Waals surface area (Å²) in [6, 6.07) is 12.1. The molecule has 4 fully saturated rings. The molecule has 2 aromatic heterocycles. The van der Waals surface area contributed by atoms with Gasteiger partial charge in [-0.25, -0.2) is 9.67 Å². The van der Waals surface area contributed by atoms with Gasteiger partial charge in [-0.05, 0) is 71.9 Å². The summed E-state index contributed by atoms with van der Waals surface area (Å²) in [5.41, 5.74) is 0.754. The Morgan fingerprint density at radius 2 is 1.87 bits per heavy atom. The normalized spacial score (nSPS) is 31.1. The maximum Gasteiger partial charge on any atom is 0.231 e. The van der Waals surface area contributed by atoms with Gasteiger partial charge in [0.25, 0.3) is 0 Å². The Hall–Kier alpha value is -2.48. The molecule has 1 amide bonds. The van der Waals surface area contributed by atoms with Crippen molar-refractivity contribution in [1.82, 2.24) is 24.5 Å². The third-order valence-electron chi connectivity index (χ3n) is 7.53. The monoisotopic (exact) mass is 480 g/mol. The van der Waals surface area contributed by atoms with Crippen LogP contribution in [0.1, 0.15) is 44.1 Å². The molecule has 2 unspecified atom stereocenters. The first-order valence-electron chi connectivity index (χ1n) is 11.0. The van der Waals surface area contributed by atoms with E-state index < -0.39 is 0 Å². The number of rotatable bonds is 5. The first kappa shape index (κ1) is 19.2. The number of hydrogen-bond acceptors (Lipinski definition) is 4. The predicted octanol–water partition coefficient (Wildman–Crippen LogP) is 4.22. The molecule has 4 aliphatic rings. The number of carbonyl (C=O) groups excluding carboxylic acids is 1. The molecule has 0 saturated heterocycles. The maximum absolute atomic E-state index is 13.6. The zero-order chi connectivity index (χ0) is 21.1. The van der Waals surface area contributed by atoms with E-state index in [9.17, 15) is 4.79 Å². The van der Waals surface area contributed by atoms with E-state index in [1.807, 2.05) is 46.2 Å². The standard InChI is InChI=1S/C23H25BrN6O/c24-21-25-15-30(28-21)23-11-17-8-18(12-23)10-22(9-17,14-23)20(31)26-19-6-7-29(27-19)13-16-4-2-1-3-5-16/h1-7,15,17-18H,8-14H2,(H,26,27,31). The van der Waals surface area contributed by atoms with Gasteiger partial charge in [-0.2, -0.15) is 5.10 Å². The van der Waals surface area contributed by atoms with Crippen molar-refractivity contribution in [1.29, 1.82) is 0 Å². The van der Waals surface area contributed by atoms with Crippen LogP contribution in [-0.2, 0) is 16.9 Å². The second-order valence-corrected chi connectivity index (χ2v) is 10.5. The molecule has 4 saturated carbocycles. The van der Waals surface area contributed by atoms with Gasteiger partial charge in [-0.15, -0.1) is 5.10 Å². The predicted molar refractivity (Wildman–Crippen MR) is 119 cm³/mol. The van der Waals surface area contributed by atoms with Crippen LogP contribution >= 0.6 is 15.9 Å². The number of aromatic nitrogens is 5. The highest BCUT2D eigenvalue weighted by molar-refractivity contribution is 9.10. The van der Waals surface area contributed by atoms with E-state index in [1.54, 1.807) is 0 Å². The third-order valence-corrected chi connectivity index (χ3v) is 7.89. The Balaban J connectivity index is 1.22. The van der Waals surface area contributed by atoms with Crippen molar-refractivity contribution in [2.24, 2.45) is 17.3 Å². The van der Waals surface area contributed by atoms with E-state index in [-0.39, 0.29) is 16.9 Å². The SMILES string of the molecule is O=C(Nc1ccn(Cc2ccccc2)n1)C12CC3CC(C1)CC(n1cnc(Br)n1)(C3)C2. The quantitative estimate of drug-likeness (QED) is 0.592. The van der Waals surface area contributed by atoms with Crippen LogP contribution in [0.5, 0.6) is 0 Å². The number of halogens is 1. The van der Waals surface area contributed by atoms with Gasteiger partial charge in [-0.3, -0.25) is 9.48 Å². The average molecular weight is 481 g/mol. The van der Waals surface area contributed by atoms with E-state index >= 15 is 0 Å². The van der Waals surface area contributed by atoms with Crippen molar-refractivity contribution in [3.63, 3.8) is 0 Å². The van der Waals surface area contributed by atoms with Crippen LogP contribution in [0.25, 0.3) is 0 Å². The molecular weight excluding hydrogens is 456 g/mol. The fourth-order valence-electron chi connectivity index (χ4n) is 6.76. The van der Waals surface area contributed by atoms with Crippen LogP contribution in [0.15, 0.2) is 53.7 Å². The van der Waals surface area contributed by atoms with Gasteiger partial charge in [0.15, 0.2) is 5.82 Å². The number of carbonyl (C=O) groups is 1. The van der Waals surface area contributed by atoms with Crippen molar-refractivity contribution in [3.05, 3.63) is 59.2 Å². The summed E-state index contributed by atoms with van der Waals surface area (Å²) in [7, 11) is 0. The van der Waals surface area contributed by atoms with Crippen molar-refractivity contribution in [2.45, 2.75) is 50.6 Å². The minimum absolute atomic E-state index is 0.0902. The second-order valence-electron chi connectivity index (χ2n) is 9.76. The highest BCUT2D eigenvalue weighted by atomic mass is 79.9. The largest absolute Gasteiger partial charge is 0.309 e. The Kier molecular flexibility index (Phi) is 4.35. The Bertz CT molecular complexity index is 1110. The molecule has 4 bridgehead atoms. The number of nitrogens with zero attached hydrogens (tertiary/aromatic N) is 5. The van der Waals surface area contributed by atoms with Gasteiger partial charge in [0.05, 0.1) is 17.5 Å². The number of benzene rings is 1. The summed E-state index contributed by atoms with van der Waals surface area (Å²) in [4.78, 5) is 17.9. The molecule has 2 heterocycles. The molecule has 1 N–H and O–H groups in total. The summed E-state index contributed by atoms with van der Waals surface area (Å²) in [6.07, 6.45) is 9.96. The molecule has 0 radical (unpaired) electrons. The maximum atomic E-state index is 13.6. The molecule has 0 spiro atoms. The average Bonchev–Trinajstić information content (AvgIpc) is 3.37. The fraction of sp³-hybridized carbons (Fsp3) is 0.478. The summed E-state index contributed by atoms with van der Waals surface area (Å²) < 4.78 is 4.52. The zero-order valence-corrected chi connectivity index (χ0v) is 18.8. The van der Waals surface area contributed by atoms with Gasteiger partial charge in [0, 0.05) is 12.3 Å². The van der Waals surface area contributed by atoms with Crippen LogP contribution in [0.4, 0.5) is 5.82 Å². The second kappa shape index (κ2) is 7.02. The van der Waals surface area contributed by atoms with Gasteiger partial charge in [0.1, 0.15) is 6.33 Å². The lowest BCUT2D eigenvalue weighted by molar-refractivity contribution is -0.150. The zero-order valence-electron chi connectivity index (χ0n) is 17.2. The highest BCUT2D eigenvalue weighted by Gasteiger charge is 2.61. The van der Waals surface area contributed by atoms with Crippen LogP contribution in [0, 0.1) is 17.3 Å². The van der Waals surface area contributed by atoms with E-state index in [1.165, 1.54) is 12.0 Å². The molecule has 1 aromatic carbocycles. The minimum Gasteiger partial charge on any atom is -0.309 e. The van der Waals surface area contributed by atoms with Crippen LogP contribution in [0.2, 0.25) is 0 Å². The van der Waals surface area contributed by atoms with Gasteiger partial charge in [0.2, 0.25) is 10.6 Å². The first-order chi connectivity index (χ1) is 15.0. The smallest absolute Gasteiger partial charge is 0.231 e. The molecule has 7 rings (SSSR count). The molecule has 0 aliphatic heterocycles. The van der Waals surface area contributed by atoms with E-state index in [0.29, 0.717) is 28.9 Å². The van der Waals surface area contributed by atoms with Crippen LogP contribution < -0.4 is 5.32 Å². The van der Waals surface area contributed by atoms with Gasteiger partial charge in [-0.1, -0.05) is 30.3 Å². The van der Waals surface area contributed by atoms with Crippen molar-refractivity contribution >= 4 is 27.7 Å². The minimum atomic E-state index is -0.342. The number of amides is 1. The lowest BCUT2D eigenvalue weighted by Crippen LogP contribution is -2.60. The summed E-state index contributed by atoms with van der Waals surface area (Å²) in [5.74, 6) is 1.90. The van der Waals surface area contributed by atoms with Crippen LogP contribution in [0.3, 0.4) is 0 Å². The number of hydrogen-bond donors (Lipinski definition) is 1. The Morgan fingerprint density at radius 1 is 1.10 bits per heavy atom. The van der Waals surface area contributed by atoms with Crippen molar-refractivity contribution < 1.29 is 4.79 Å². The fourth-order valence-corrected chi connectivity index (χ4v) is 7.02. The molecule has 31 heavy (non-hydrogen) atoms. The van der Waals surface area contributed by atoms with E-state index in [2.05, 4.69) is 48.6 Å². The van der Waals surface area contributed by atoms with E-state index in [4.69, 9.17) is 0 Å². The summed E-state index contributed by atoms with van der Waals surface area (Å²) in [5, 5.41) is 12.3. The molecule has 2 atom stereocenters. The van der Waals surface area contributed by atoms with Crippen LogP contribution in [-0.4, -0.2) is 30.5 Å². The topological polar surface area (TPSA) is 77.6 Å².